The zero-order valence-electron chi connectivity index (χ0n) is 19.3. The average molecular weight is 474 g/mol. The molecule has 0 aliphatic rings. The van der Waals surface area contributed by atoms with Crippen molar-refractivity contribution in [3.05, 3.63) is 83.8 Å². The highest BCUT2D eigenvalue weighted by atomic mass is 19.1. The number of fused-ring (bicyclic) bond motifs is 1. The highest BCUT2D eigenvalue weighted by molar-refractivity contribution is 6.02. The fraction of sp³-hybridized carbons (Fsp3) is 0.115. The molecule has 8 nitrogen and oxygen atoms in total. The molecule has 35 heavy (non-hydrogen) atoms. The van der Waals surface area contributed by atoms with Crippen LogP contribution in [0.25, 0.3) is 10.9 Å². The van der Waals surface area contributed by atoms with Crippen molar-refractivity contribution in [2.24, 2.45) is 5.73 Å². The standard InChI is InChI=1S/C26H23FN4O4/c1-15-21(31(2)26(33)30-17-9-7-16(27)8-10-17)5-4-6-22(15)35-23-11-12-29-20-14-24(34-3)19(25(28)32)13-18(20)23/h4-14H,1-3H3,(H2,28,32)(H,30,33). The number of carbonyl (C=O) groups is 2. The van der Waals surface area contributed by atoms with E-state index in [2.05, 4.69) is 10.3 Å². The summed E-state index contributed by atoms with van der Waals surface area (Å²) in [5, 5.41) is 3.31. The van der Waals surface area contributed by atoms with Crippen molar-refractivity contribution in [1.82, 2.24) is 4.98 Å². The maximum Gasteiger partial charge on any atom is 0.326 e. The third-order valence-electron chi connectivity index (χ3n) is 5.53. The van der Waals surface area contributed by atoms with Gasteiger partial charge in [0.1, 0.15) is 23.1 Å². The Kier molecular flexibility index (Phi) is 6.50. The van der Waals surface area contributed by atoms with E-state index in [0.717, 1.165) is 0 Å². The van der Waals surface area contributed by atoms with Gasteiger partial charge >= 0.3 is 6.03 Å². The number of halogens is 1. The van der Waals surface area contributed by atoms with Crippen LogP contribution in [0, 0.1) is 12.7 Å². The molecule has 3 N–H and O–H groups in total. The Morgan fingerprint density at radius 2 is 1.77 bits per heavy atom. The molecule has 1 aromatic heterocycles. The molecule has 4 aromatic rings. The summed E-state index contributed by atoms with van der Waals surface area (Å²) in [4.78, 5) is 30.4. The van der Waals surface area contributed by atoms with Gasteiger partial charge < -0.3 is 20.5 Å². The second-order valence-electron chi connectivity index (χ2n) is 7.74. The molecule has 3 aromatic carbocycles. The molecule has 0 fully saturated rings. The fourth-order valence-corrected chi connectivity index (χ4v) is 3.64. The van der Waals surface area contributed by atoms with E-state index < -0.39 is 11.9 Å². The third-order valence-corrected chi connectivity index (χ3v) is 5.53. The minimum Gasteiger partial charge on any atom is -0.496 e. The largest absolute Gasteiger partial charge is 0.496 e. The number of primary amides is 1. The van der Waals surface area contributed by atoms with Crippen molar-refractivity contribution in [2.75, 3.05) is 24.4 Å². The van der Waals surface area contributed by atoms with E-state index in [-0.39, 0.29) is 11.4 Å². The Morgan fingerprint density at radius 1 is 1.03 bits per heavy atom. The summed E-state index contributed by atoms with van der Waals surface area (Å²) in [6.45, 7) is 1.83. The molecule has 0 atom stereocenters. The number of carbonyl (C=O) groups excluding carboxylic acids is 2. The van der Waals surface area contributed by atoms with E-state index in [1.165, 1.54) is 36.3 Å². The Balaban J connectivity index is 1.65. The minimum absolute atomic E-state index is 0.209. The smallest absolute Gasteiger partial charge is 0.326 e. The Hall–Kier alpha value is -4.66. The predicted octanol–water partition coefficient (Wildman–Crippen LogP) is 5.25. The minimum atomic E-state index is -0.634. The molecule has 9 heteroatoms. The first-order valence-corrected chi connectivity index (χ1v) is 10.6. The van der Waals surface area contributed by atoms with Crippen LogP contribution in [-0.4, -0.2) is 31.1 Å². The fourth-order valence-electron chi connectivity index (χ4n) is 3.64. The van der Waals surface area contributed by atoms with Crippen LogP contribution in [0.15, 0.2) is 66.9 Å². The van der Waals surface area contributed by atoms with Crippen molar-refractivity contribution in [1.29, 1.82) is 0 Å². The number of amides is 3. The number of pyridine rings is 1. The SMILES string of the molecule is COc1cc2nccc(Oc3cccc(N(C)C(=O)Nc4ccc(F)cc4)c3C)c2cc1C(N)=O. The summed E-state index contributed by atoms with van der Waals surface area (Å²) >= 11 is 0. The molecular weight excluding hydrogens is 451 g/mol. The molecule has 0 aliphatic heterocycles. The molecule has 0 bridgehead atoms. The first-order valence-electron chi connectivity index (χ1n) is 10.6. The number of hydrogen-bond acceptors (Lipinski definition) is 5. The molecular formula is C26H23FN4O4. The first kappa shape index (κ1) is 23.5. The van der Waals surface area contributed by atoms with Crippen LogP contribution in [0.3, 0.4) is 0 Å². The van der Waals surface area contributed by atoms with Crippen molar-refractivity contribution in [2.45, 2.75) is 6.92 Å². The number of methoxy groups -OCH3 is 1. The number of ether oxygens (including phenoxy) is 2. The Bertz CT molecular complexity index is 1420. The zero-order chi connectivity index (χ0) is 25.1. The monoisotopic (exact) mass is 474 g/mol. The molecule has 1 heterocycles. The number of urea groups is 1. The highest BCUT2D eigenvalue weighted by Crippen LogP contribution is 2.36. The number of nitrogens with two attached hydrogens (primary N) is 1. The second kappa shape index (κ2) is 9.68. The lowest BCUT2D eigenvalue weighted by molar-refractivity contribution is 0.0997. The maximum atomic E-state index is 13.2. The van der Waals surface area contributed by atoms with Gasteiger partial charge in [0.25, 0.3) is 5.91 Å². The Labute approximate surface area is 201 Å². The van der Waals surface area contributed by atoms with Gasteiger partial charge in [-0.1, -0.05) is 6.07 Å². The van der Waals surface area contributed by atoms with E-state index >= 15 is 0 Å². The quantitative estimate of drug-likeness (QED) is 0.397. The van der Waals surface area contributed by atoms with Crippen LogP contribution in [0.2, 0.25) is 0 Å². The molecule has 0 saturated heterocycles. The molecule has 3 amide bonds. The van der Waals surface area contributed by atoms with Crippen LogP contribution in [0.1, 0.15) is 15.9 Å². The van der Waals surface area contributed by atoms with Gasteiger partial charge in [0, 0.05) is 35.9 Å². The summed E-state index contributed by atoms with van der Waals surface area (Å²) in [5.41, 5.74) is 8.07. The van der Waals surface area contributed by atoms with Crippen LogP contribution in [-0.2, 0) is 0 Å². The molecule has 0 aliphatic carbocycles. The third kappa shape index (κ3) is 4.84. The highest BCUT2D eigenvalue weighted by Gasteiger charge is 2.18. The summed E-state index contributed by atoms with van der Waals surface area (Å²) < 4.78 is 24.6. The summed E-state index contributed by atoms with van der Waals surface area (Å²) in [7, 11) is 3.07. The molecule has 4 rings (SSSR count). The van der Waals surface area contributed by atoms with Gasteiger partial charge in [-0.25, -0.2) is 9.18 Å². The predicted molar refractivity (Wildman–Crippen MR) is 132 cm³/mol. The van der Waals surface area contributed by atoms with E-state index in [9.17, 15) is 14.0 Å². The number of nitrogens with zero attached hydrogens (tertiary/aromatic N) is 2. The second-order valence-corrected chi connectivity index (χ2v) is 7.74. The summed E-state index contributed by atoms with van der Waals surface area (Å²) in [6.07, 6.45) is 1.59. The lowest BCUT2D eigenvalue weighted by Crippen LogP contribution is -2.31. The molecule has 0 unspecified atom stereocenters. The number of benzene rings is 3. The van der Waals surface area contributed by atoms with Crippen LogP contribution in [0.5, 0.6) is 17.2 Å². The number of anilines is 2. The molecule has 0 saturated carbocycles. The number of nitrogens with one attached hydrogen (secondary N) is 1. The van der Waals surface area contributed by atoms with Crippen molar-refractivity contribution < 1.29 is 23.5 Å². The van der Waals surface area contributed by atoms with E-state index in [1.54, 1.807) is 49.6 Å². The van der Waals surface area contributed by atoms with Crippen molar-refractivity contribution >= 4 is 34.2 Å². The van der Waals surface area contributed by atoms with Gasteiger partial charge in [0.05, 0.1) is 23.9 Å². The number of hydrogen-bond donors (Lipinski definition) is 2. The lowest BCUT2D eigenvalue weighted by Gasteiger charge is -2.22. The van der Waals surface area contributed by atoms with Gasteiger partial charge in [-0.3, -0.25) is 14.7 Å². The lowest BCUT2D eigenvalue weighted by atomic mass is 10.1. The summed E-state index contributed by atoms with van der Waals surface area (Å²) in [6, 6.07) is 15.3. The normalized spacial score (nSPS) is 10.6. The van der Waals surface area contributed by atoms with Gasteiger partial charge in [0.15, 0.2) is 0 Å². The van der Waals surface area contributed by atoms with Gasteiger partial charge in [-0.15, -0.1) is 0 Å². The van der Waals surface area contributed by atoms with E-state index in [4.69, 9.17) is 15.2 Å². The number of aromatic nitrogens is 1. The van der Waals surface area contributed by atoms with Crippen molar-refractivity contribution in [3.8, 4) is 17.2 Å². The summed E-state index contributed by atoms with van der Waals surface area (Å²) in [5.74, 6) is 0.265. The average Bonchev–Trinajstić information content (AvgIpc) is 2.85. The number of rotatable bonds is 6. The van der Waals surface area contributed by atoms with Crippen LogP contribution in [0.4, 0.5) is 20.6 Å². The molecule has 0 radical (unpaired) electrons. The van der Waals surface area contributed by atoms with E-state index in [0.29, 0.717) is 45.1 Å². The zero-order valence-corrected chi connectivity index (χ0v) is 19.3. The van der Waals surface area contributed by atoms with Crippen LogP contribution < -0.4 is 25.4 Å². The van der Waals surface area contributed by atoms with Gasteiger partial charge in [-0.2, -0.15) is 0 Å². The van der Waals surface area contributed by atoms with Gasteiger partial charge in [0.2, 0.25) is 0 Å². The topological polar surface area (TPSA) is 107 Å². The maximum absolute atomic E-state index is 13.2. The molecule has 178 valence electrons. The van der Waals surface area contributed by atoms with Gasteiger partial charge in [-0.05, 0) is 55.5 Å². The van der Waals surface area contributed by atoms with E-state index in [1.807, 2.05) is 6.92 Å². The van der Waals surface area contributed by atoms with Crippen molar-refractivity contribution in [3.63, 3.8) is 0 Å². The Morgan fingerprint density at radius 3 is 2.46 bits per heavy atom. The first-order chi connectivity index (χ1) is 16.8. The van der Waals surface area contributed by atoms with Crippen LogP contribution >= 0.6 is 0 Å². The molecule has 0 spiro atoms.